The summed E-state index contributed by atoms with van der Waals surface area (Å²) in [6.07, 6.45) is 0.182. The van der Waals surface area contributed by atoms with Gasteiger partial charge >= 0.3 is 0 Å². The summed E-state index contributed by atoms with van der Waals surface area (Å²) in [5, 5.41) is 1.27. The SMILES string of the molecule is CCN(C(=O)Cc1cc(OC)c(OC)c(OC)c1)c1nc2cc(Cl)ccc2s1. The summed E-state index contributed by atoms with van der Waals surface area (Å²) in [6.45, 7) is 2.43. The number of carbonyl (C=O) groups is 1. The summed E-state index contributed by atoms with van der Waals surface area (Å²) in [5.41, 5.74) is 1.55. The fourth-order valence-corrected chi connectivity index (χ4v) is 4.12. The van der Waals surface area contributed by atoms with Crippen LogP contribution >= 0.6 is 22.9 Å². The highest BCUT2D eigenvalue weighted by atomic mass is 35.5. The van der Waals surface area contributed by atoms with Crippen molar-refractivity contribution in [3.8, 4) is 17.2 Å². The van der Waals surface area contributed by atoms with E-state index in [2.05, 4.69) is 4.98 Å². The molecule has 2 aromatic carbocycles. The molecular formula is C20H21ClN2O4S. The number of likely N-dealkylation sites (N-methyl/N-ethyl adjacent to an activating group) is 1. The number of halogens is 1. The Morgan fingerprint density at radius 3 is 2.36 bits per heavy atom. The number of amides is 1. The highest BCUT2D eigenvalue weighted by molar-refractivity contribution is 7.22. The molecule has 0 aliphatic heterocycles. The quantitative estimate of drug-likeness (QED) is 0.560. The normalized spacial score (nSPS) is 10.8. The highest BCUT2D eigenvalue weighted by Crippen LogP contribution is 2.38. The lowest BCUT2D eigenvalue weighted by Crippen LogP contribution is -2.31. The topological polar surface area (TPSA) is 60.9 Å². The summed E-state index contributed by atoms with van der Waals surface area (Å²) in [4.78, 5) is 19.2. The summed E-state index contributed by atoms with van der Waals surface area (Å²) in [7, 11) is 4.64. The first kappa shape index (κ1) is 20.2. The first-order chi connectivity index (χ1) is 13.5. The Labute approximate surface area is 172 Å². The molecule has 6 nitrogen and oxygen atoms in total. The van der Waals surface area contributed by atoms with Gasteiger partial charge in [0.1, 0.15) is 0 Å². The van der Waals surface area contributed by atoms with Gasteiger partial charge in [-0.3, -0.25) is 9.69 Å². The van der Waals surface area contributed by atoms with Crippen molar-refractivity contribution in [2.45, 2.75) is 13.3 Å². The molecule has 148 valence electrons. The van der Waals surface area contributed by atoms with E-state index in [9.17, 15) is 4.79 Å². The zero-order valence-corrected chi connectivity index (χ0v) is 17.7. The Morgan fingerprint density at radius 1 is 1.11 bits per heavy atom. The molecule has 0 fully saturated rings. The second-order valence-corrected chi connectivity index (χ2v) is 7.40. The fourth-order valence-electron chi connectivity index (χ4n) is 2.93. The van der Waals surface area contributed by atoms with E-state index >= 15 is 0 Å². The van der Waals surface area contributed by atoms with Crippen LogP contribution in [-0.4, -0.2) is 38.8 Å². The predicted octanol–water partition coefficient (Wildman–Crippen LogP) is 4.57. The summed E-state index contributed by atoms with van der Waals surface area (Å²) in [5.74, 6) is 1.46. The monoisotopic (exact) mass is 420 g/mol. The fraction of sp³-hybridized carbons (Fsp3) is 0.300. The molecular weight excluding hydrogens is 400 g/mol. The molecule has 0 radical (unpaired) electrons. The summed E-state index contributed by atoms with van der Waals surface area (Å²) < 4.78 is 17.1. The summed E-state index contributed by atoms with van der Waals surface area (Å²) in [6, 6.07) is 9.10. The minimum absolute atomic E-state index is 0.0677. The van der Waals surface area contributed by atoms with Gasteiger partial charge in [0.2, 0.25) is 11.7 Å². The van der Waals surface area contributed by atoms with Gasteiger partial charge in [0.25, 0.3) is 0 Å². The van der Waals surface area contributed by atoms with Gasteiger partial charge in [-0.25, -0.2) is 4.98 Å². The van der Waals surface area contributed by atoms with E-state index in [0.717, 1.165) is 15.8 Å². The van der Waals surface area contributed by atoms with Crippen LogP contribution in [0.2, 0.25) is 5.02 Å². The highest BCUT2D eigenvalue weighted by Gasteiger charge is 2.21. The van der Waals surface area contributed by atoms with Crippen LogP contribution < -0.4 is 19.1 Å². The lowest BCUT2D eigenvalue weighted by molar-refractivity contribution is -0.117. The van der Waals surface area contributed by atoms with Crippen LogP contribution in [0.25, 0.3) is 10.2 Å². The minimum atomic E-state index is -0.0677. The molecule has 0 aliphatic carbocycles. The Hall–Kier alpha value is -2.51. The number of hydrogen-bond donors (Lipinski definition) is 0. The Balaban J connectivity index is 1.89. The van der Waals surface area contributed by atoms with Crippen LogP contribution in [0.4, 0.5) is 5.13 Å². The molecule has 3 aromatic rings. The average Bonchev–Trinajstić information content (AvgIpc) is 3.10. The third-order valence-corrected chi connectivity index (χ3v) is 5.56. The first-order valence-corrected chi connectivity index (χ1v) is 9.85. The van der Waals surface area contributed by atoms with Crippen LogP contribution in [0.15, 0.2) is 30.3 Å². The van der Waals surface area contributed by atoms with Crippen molar-refractivity contribution in [3.63, 3.8) is 0 Å². The number of benzene rings is 2. The molecule has 0 unspecified atom stereocenters. The van der Waals surface area contributed by atoms with Gasteiger partial charge in [0, 0.05) is 11.6 Å². The smallest absolute Gasteiger partial charge is 0.233 e. The lowest BCUT2D eigenvalue weighted by Gasteiger charge is -2.19. The van der Waals surface area contributed by atoms with Gasteiger partial charge in [-0.05, 0) is 42.8 Å². The Bertz CT molecular complexity index is 980. The van der Waals surface area contributed by atoms with E-state index in [0.29, 0.717) is 33.9 Å². The van der Waals surface area contributed by atoms with Crippen molar-refractivity contribution < 1.29 is 19.0 Å². The number of thiazole rings is 1. The van der Waals surface area contributed by atoms with E-state index in [1.807, 2.05) is 19.1 Å². The maximum Gasteiger partial charge on any atom is 0.233 e. The molecule has 0 saturated carbocycles. The second kappa shape index (κ2) is 8.67. The van der Waals surface area contributed by atoms with Crippen LogP contribution in [0, 0.1) is 0 Å². The number of aromatic nitrogens is 1. The largest absolute Gasteiger partial charge is 0.493 e. The van der Waals surface area contributed by atoms with Gasteiger partial charge < -0.3 is 14.2 Å². The van der Waals surface area contributed by atoms with Crippen LogP contribution in [-0.2, 0) is 11.2 Å². The lowest BCUT2D eigenvalue weighted by atomic mass is 10.1. The molecule has 1 heterocycles. The van der Waals surface area contributed by atoms with Crippen LogP contribution in [0.1, 0.15) is 12.5 Å². The zero-order valence-electron chi connectivity index (χ0n) is 16.1. The number of hydrogen-bond acceptors (Lipinski definition) is 6. The molecule has 8 heteroatoms. The number of nitrogens with zero attached hydrogens (tertiary/aromatic N) is 2. The molecule has 1 amide bonds. The van der Waals surface area contributed by atoms with Crippen LogP contribution in [0.5, 0.6) is 17.2 Å². The first-order valence-electron chi connectivity index (χ1n) is 8.66. The average molecular weight is 421 g/mol. The second-order valence-electron chi connectivity index (χ2n) is 5.96. The van der Waals surface area contributed by atoms with Gasteiger partial charge in [-0.1, -0.05) is 22.9 Å². The number of fused-ring (bicyclic) bond motifs is 1. The maximum atomic E-state index is 13.0. The van der Waals surface area contributed by atoms with E-state index in [-0.39, 0.29) is 12.3 Å². The molecule has 0 bridgehead atoms. The number of methoxy groups -OCH3 is 3. The molecule has 28 heavy (non-hydrogen) atoms. The summed E-state index contributed by atoms with van der Waals surface area (Å²) >= 11 is 7.51. The van der Waals surface area contributed by atoms with Gasteiger partial charge in [0.15, 0.2) is 16.6 Å². The molecule has 0 atom stereocenters. The van der Waals surface area contributed by atoms with E-state index in [1.54, 1.807) is 44.4 Å². The predicted molar refractivity (Wildman–Crippen MR) is 112 cm³/mol. The Morgan fingerprint density at radius 2 is 1.79 bits per heavy atom. The van der Waals surface area contributed by atoms with Crippen molar-refractivity contribution >= 4 is 44.2 Å². The molecule has 1 aromatic heterocycles. The minimum Gasteiger partial charge on any atom is -0.493 e. The number of rotatable bonds is 7. The Kier molecular flexibility index (Phi) is 6.26. The number of ether oxygens (including phenoxy) is 3. The van der Waals surface area contributed by atoms with Gasteiger partial charge in [-0.15, -0.1) is 0 Å². The third-order valence-electron chi connectivity index (χ3n) is 4.27. The van der Waals surface area contributed by atoms with Crippen molar-refractivity contribution in [3.05, 3.63) is 40.9 Å². The van der Waals surface area contributed by atoms with E-state index < -0.39 is 0 Å². The molecule has 0 aliphatic rings. The maximum absolute atomic E-state index is 13.0. The zero-order chi connectivity index (χ0) is 20.3. The van der Waals surface area contributed by atoms with Gasteiger partial charge in [-0.2, -0.15) is 0 Å². The molecule has 0 spiro atoms. The third kappa shape index (κ3) is 4.00. The molecule has 0 N–H and O–H groups in total. The van der Waals surface area contributed by atoms with Crippen molar-refractivity contribution in [2.24, 2.45) is 0 Å². The van der Waals surface area contributed by atoms with Crippen molar-refractivity contribution in [1.29, 1.82) is 0 Å². The molecule has 3 rings (SSSR count). The van der Waals surface area contributed by atoms with Gasteiger partial charge in [0.05, 0.1) is 38.0 Å². The van der Waals surface area contributed by atoms with Crippen LogP contribution in [0.3, 0.4) is 0 Å². The van der Waals surface area contributed by atoms with Crippen molar-refractivity contribution in [2.75, 3.05) is 32.8 Å². The van der Waals surface area contributed by atoms with E-state index in [4.69, 9.17) is 25.8 Å². The van der Waals surface area contributed by atoms with Crippen molar-refractivity contribution in [1.82, 2.24) is 4.98 Å². The molecule has 0 saturated heterocycles. The van der Waals surface area contributed by atoms with E-state index in [1.165, 1.54) is 11.3 Å². The standard InChI is InChI=1S/C20H21ClN2O4S/c1-5-23(20-22-14-11-13(21)6-7-17(14)28-20)18(24)10-12-8-15(25-2)19(27-4)16(9-12)26-3/h6-9,11H,5,10H2,1-4H3. The number of carbonyl (C=O) groups excluding carboxylic acids is 1. The number of anilines is 1.